The van der Waals surface area contributed by atoms with Crippen molar-refractivity contribution in [1.82, 2.24) is 29.3 Å². The lowest BCUT2D eigenvalue weighted by molar-refractivity contribution is 0.210. The Morgan fingerprint density at radius 1 is 1.00 bits per heavy atom. The molecule has 4 aromatic rings. The van der Waals surface area contributed by atoms with Crippen LogP contribution < -0.4 is 0 Å². The van der Waals surface area contributed by atoms with Crippen molar-refractivity contribution in [3.8, 4) is 23.3 Å². The van der Waals surface area contributed by atoms with Gasteiger partial charge >= 0.3 is 0 Å². The third-order valence-corrected chi connectivity index (χ3v) is 7.45. The summed E-state index contributed by atoms with van der Waals surface area (Å²) in [7, 11) is 2.16. The highest BCUT2D eigenvalue weighted by molar-refractivity contribution is 7.99. The highest BCUT2D eigenvalue weighted by Gasteiger charge is 2.23. The van der Waals surface area contributed by atoms with E-state index in [-0.39, 0.29) is 0 Å². The maximum atomic E-state index is 9.65. The number of piperidine rings is 1. The van der Waals surface area contributed by atoms with Crippen LogP contribution in [-0.4, -0.2) is 49.4 Å². The average Bonchev–Trinajstić information content (AvgIpc) is 3.44. The van der Waals surface area contributed by atoms with Crippen LogP contribution >= 0.6 is 11.8 Å². The number of fused-ring (bicyclic) bond motifs is 1. The van der Waals surface area contributed by atoms with E-state index < -0.39 is 0 Å². The SMILES string of the molecule is Cc1cnc(Sc2cc(-c3cnn(C4CCN(C)CC4)c3C)cn3ncc(C#N)c23)c(C#N)c1. The molecule has 0 unspecified atom stereocenters. The third-order valence-electron chi connectivity index (χ3n) is 6.40. The lowest BCUT2D eigenvalue weighted by Crippen LogP contribution is -2.32. The smallest absolute Gasteiger partial charge is 0.119 e. The number of aryl methyl sites for hydroxylation is 1. The van der Waals surface area contributed by atoms with E-state index in [9.17, 15) is 10.5 Å². The van der Waals surface area contributed by atoms with Crippen LogP contribution in [0.5, 0.6) is 0 Å². The summed E-state index contributed by atoms with van der Waals surface area (Å²) in [6.45, 7) is 6.16. The van der Waals surface area contributed by atoms with Gasteiger partial charge in [0.2, 0.25) is 0 Å². The summed E-state index contributed by atoms with van der Waals surface area (Å²) >= 11 is 1.38. The van der Waals surface area contributed by atoms with Gasteiger partial charge < -0.3 is 4.90 Å². The summed E-state index contributed by atoms with van der Waals surface area (Å²) in [5, 5.41) is 29.1. The quantitative estimate of drug-likeness (QED) is 0.438. The van der Waals surface area contributed by atoms with Gasteiger partial charge in [-0.2, -0.15) is 20.7 Å². The van der Waals surface area contributed by atoms with Crippen LogP contribution in [-0.2, 0) is 0 Å². The van der Waals surface area contributed by atoms with Gasteiger partial charge in [-0.3, -0.25) is 4.68 Å². The van der Waals surface area contributed by atoms with Gasteiger partial charge in [0.25, 0.3) is 0 Å². The second-order valence-corrected chi connectivity index (χ2v) is 9.79. The number of nitriles is 2. The predicted molar refractivity (Wildman–Crippen MR) is 129 cm³/mol. The summed E-state index contributed by atoms with van der Waals surface area (Å²) in [6, 6.07) is 8.74. The topological polar surface area (TPSA) is 98.8 Å². The molecule has 0 N–H and O–H groups in total. The summed E-state index contributed by atoms with van der Waals surface area (Å²) < 4.78 is 3.89. The number of hydrogen-bond acceptors (Lipinski definition) is 7. The van der Waals surface area contributed by atoms with Crippen LogP contribution in [0.4, 0.5) is 0 Å². The molecule has 1 fully saturated rings. The molecule has 8 nitrogen and oxygen atoms in total. The molecule has 0 aromatic carbocycles. The minimum Gasteiger partial charge on any atom is -0.306 e. The maximum Gasteiger partial charge on any atom is 0.119 e. The number of hydrogen-bond donors (Lipinski definition) is 0. The van der Waals surface area contributed by atoms with Gasteiger partial charge in [-0.1, -0.05) is 11.8 Å². The molecule has 9 heteroatoms. The lowest BCUT2D eigenvalue weighted by Gasteiger charge is -2.29. The fourth-order valence-corrected chi connectivity index (χ4v) is 5.54. The summed E-state index contributed by atoms with van der Waals surface area (Å²) in [4.78, 5) is 7.67. The van der Waals surface area contributed by atoms with Gasteiger partial charge in [0, 0.05) is 34.1 Å². The Balaban J connectivity index is 1.60. The van der Waals surface area contributed by atoms with E-state index >= 15 is 0 Å². The molecule has 0 aliphatic carbocycles. The van der Waals surface area contributed by atoms with E-state index in [1.807, 2.05) is 31.5 Å². The van der Waals surface area contributed by atoms with E-state index in [0.717, 1.165) is 53.2 Å². The van der Waals surface area contributed by atoms with Crippen LogP contribution in [0.15, 0.2) is 46.8 Å². The maximum absolute atomic E-state index is 9.65. The molecule has 1 aliphatic rings. The first-order valence-corrected chi connectivity index (χ1v) is 12.0. The number of likely N-dealkylation sites (tertiary alicyclic amines) is 1. The van der Waals surface area contributed by atoms with Crippen LogP contribution in [0.1, 0.15) is 41.3 Å². The van der Waals surface area contributed by atoms with Crippen LogP contribution in [0.2, 0.25) is 0 Å². The average molecular weight is 469 g/mol. The molecule has 1 aliphatic heterocycles. The van der Waals surface area contributed by atoms with Crippen molar-refractivity contribution in [2.45, 2.75) is 42.7 Å². The molecular formula is C25H24N8S. The molecule has 0 saturated carbocycles. The standard InChI is InChI=1S/C25H24N8S/c1-16-8-18(10-26)25(28-12-16)34-23-9-19(15-32-24(23)20(11-27)13-29-32)22-14-30-33(17(22)2)21-4-6-31(3)7-5-21/h8-9,12-15,21H,4-7H2,1-3H3. The van der Waals surface area contributed by atoms with Crippen molar-refractivity contribution in [2.75, 3.05) is 20.1 Å². The first kappa shape index (κ1) is 22.1. The van der Waals surface area contributed by atoms with E-state index in [0.29, 0.717) is 27.7 Å². The molecule has 5 heterocycles. The lowest BCUT2D eigenvalue weighted by atomic mass is 10.0. The summed E-state index contributed by atoms with van der Waals surface area (Å²) in [5.41, 5.74) is 5.75. The predicted octanol–water partition coefficient (Wildman–Crippen LogP) is 4.37. The zero-order valence-corrected chi connectivity index (χ0v) is 20.2. The van der Waals surface area contributed by atoms with E-state index in [1.165, 1.54) is 11.8 Å². The Bertz CT molecular complexity index is 1460. The largest absolute Gasteiger partial charge is 0.306 e. The second kappa shape index (κ2) is 8.94. The van der Waals surface area contributed by atoms with Gasteiger partial charge in [-0.15, -0.1) is 0 Å². The first-order chi connectivity index (χ1) is 16.5. The first-order valence-electron chi connectivity index (χ1n) is 11.2. The minimum absolute atomic E-state index is 0.396. The molecule has 170 valence electrons. The fraction of sp³-hybridized carbons (Fsp3) is 0.320. The Labute approximate surface area is 202 Å². The molecule has 34 heavy (non-hydrogen) atoms. The highest BCUT2D eigenvalue weighted by Crippen LogP contribution is 2.37. The molecule has 4 aromatic heterocycles. The molecule has 0 atom stereocenters. The molecule has 5 rings (SSSR count). The van der Waals surface area contributed by atoms with E-state index in [2.05, 4.69) is 45.8 Å². The zero-order valence-electron chi connectivity index (χ0n) is 19.4. The number of rotatable bonds is 4. The molecule has 0 amide bonds. The Morgan fingerprint density at radius 2 is 1.76 bits per heavy atom. The van der Waals surface area contributed by atoms with Crippen LogP contribution in [0, 0.1) is 36.5 Å². The number of aromatic nitrogens is 5. The molecule has 0 bridgehead atoms. The fourth-order valence-electron chi connectivity index (χ4n) is 4.53. The zero-order chi connectivity index (χ0) is 23.8. The third kappa shape index (κ3) is 3.94. The van der Waals surface area contributed by atoms with Crippen molar-refractivity contribution in [3.05, 3.63) is 59.3 Å². The second-order valence-electron chi connectivity index (χ2n) is 8.76. The number of pyridine rings is 2. The summed E-state index contributed by atoms with van der Waals surface area (Å²) in [5.74, 6) is 0. The van der Waals surface area contributed by atoms with Crippen molar-refractivity contribution in [2.24, 2.45) is 0 Å². The Hall–Kier alpha value is -3.66. The van der Waals surface area contributed by atoms with Gasteiger partial charge in [-0.05, 0) is 64.5 Å². The molecule has 1 saturated heterocycles. The highest BCUT2D eigenvalue weighted by atomic mass is 32.2. The van der Waals surface area contributed by atoms with Gasteiger partial charge in [-0.25, -0.2) is 9.50 Å². The number of nitrogens with zero attached hydrogens (tertiary/aromatic N) is 8. The molecule has 0 radical (unpaired) electrons. The van der Waals surface area contributed by atoms with E-state index in [1.54, 1.807) is 16.9 Å². The monoisotopic (exact) mass is 468 g/mol. The minimum atomic E-state index is 0.396. The van der Waals surface area contributed by atoms with Crippen molar-refractivity contribution in [3.63, 3.8) is 0 Å². The van der Waals surface area contributed by atoms with Crippen molar-refractivity contribution >= 4 is 17.3 Å². The Kier molecular flexibility index (Phi) is 5.82. The van der Waals surface area contributed by atoms with Gasteiger partial charge in [0.1, 0.15) is 17.2 Å². The van der Waals surface area contributed by atoms with E-state index in [4.69, 9.17) is 5.10 Å². The van der Waals surface area contributed by atoms with Crippen molar-refractivity contribution < 1.29 is 0 Å². The van der Waals surface area contributed by atoms with Crippen LogP contribution in [0.3, 0.4) is 0 Å². The normalized spacial score (nSPS) is 14.9. The molecular weight excluding hydrogens is 444 g/mol. The summed E-state index contributed by atoms with van der Waals surface area (Å²) in [6.07, 6.45) is 9.35. The van der Waals surface area contributed by atoms with Crippen LogP contribution in [0.25, 0.3) is 16.6 Å². The van der Waals surface area contributed by atoms with Gasteiger partial charge in [0.05, 0.1) is 35.1 Å². The van der Waals surface area contributed by atoms with Crippen molar-refractivity contribution in [1.29, 1.82) is 10.5 Å². The molecule has 0 spiro atoms. The Morgan fingerprint density at radius 3 is 2.50 bits per heavy atom. The van der Waals surface area contributed by atoms with Gasteiger partial charge in [0.15, 0.2) is 0 Å².